The maximum atomic E-state index is 14.7. The van der Waals surface area contributed by atoms with Crippen LogP contribution in [0.15, 0.2) is 55.4 Å². The molecule has 0 aliphatic heterocycles. The number of methoxy groups -OCH3 is 2. The van der Waals surface area contributed by atoms with Crippen molar-refractivity contribution in [3.63, 3.8) is 0 Å². The van der Waals surface area contributed by atoms with E-state index in [0.717, 1.165) is 6.08 Å². The number of aryl methyl sites for hydroxylation is 1. The van der Waals surface area contributed by atoms with Gasteiger partial charge in [0.25, 0.3) is 0 Å². The fourth-order valence-corrected chi connectivity index (χ4v) is 4.87. The molecule has 5 rings (SSSR count). The highest BCUT2D eigenvalue weighted by Crippen LogP contribution is 2.47. The largest absolute Gasteiger partial charge is 0.495 e. The van der Waals surface area contributed by atoms with E-state index in [-0.39, 0.29) is 27.4 Å². The molecule has 5 aromatic rings. The molecule has 3 aromatic heterocycles. The number of hydrogen-bond acceptors (Lipinski definition) is 7. The van der Waals surface area contributed by atoms with Crippen molar-refractivity contribution in [1.82, 2.24) is 19.4 Å². The molecular formula is C27H21Cl2FN6O3. The van der Waals surface area contributed by atoms with Crippen molar-refractivity contribution >= 4 is 63.1 Å². The Morgan fingerprint density at radius 3 is 2.49 bits per heavy atom. The number of benzene rings is 2. The lowest BCUT2D eigenvalue weighted by Crippen LogP contribution is -2.11. The number of para-hydroxylation sites is 1. The van der Waals surface area contributed by atoms with Crippen molar-refractivity contribution in [1.29, 1.82) is 0 Å². The van der Waals surface area contributed by atoms with Gasteiger partial charge in [-0.3, -0.25) is 9.20 Å². The Bertz CT molecular complexity index is 1760. The number of pyridine rings is 1. The van der Waals surface area contributed by atoms with Crippen LogP contribution >= 0.6 is 23.2 Å². The molecule has 0 fully saturated rings. The Labute approximate surface area is 232 Å². The fraction of sp³-hybridized carbons (Fsp3) is 0.111. The summed E-state index contributed by atoms with van der Waals surface area (Å²) in [5.74, 6) is -0.223. The monoisotopic (exact) mass is 566 g/mol. The van der Waals surface area contributed by atoms with E-state index in [1.54, 1.807) is 28.9 Å². The number of rotatable bonds is 7. The molecule has 1 amide bonds. The van der Waals surface area contributed by atoms with Crippen molar-refractivity contribution < 1.29 is 18.7 Å². The van der Waals surface area contributed by atoms with E-state index in [1.807, 2.05) is 13.0 Å². The minimum atomic E-state index is -0.601. The second-order valence-electron chi connectivity index (χ2n) is 8.37. The number of fused-ring (bicyclic) bond motifs is 3. The number of amides is 1. The standard InChI is InChI=1S/C27H21Cl2FN6O3/c1-5-20(37)33-17-8-6-7-16(30)24(17)34-27-31-11-14-9-15(26-32-13(2)12-36(26)25(14)35-27)21-22(28)18(38-3)10-19(39-4)23(21)29/h5-12H,1H2,2-4H3,(H,33,37)(H,31,34,35). The van der Waals surface area contributed by atoms with Crippen molar-refractivity contribution in [2.24, 2.45) is 0 Å². The van der Waals surface area contributed by atoms with Crippen LogP contribution in [-0.2, 0) is 4.79 Å². The third-order valence-corrected chi connectivity index (χ3v) is 6.68. The SMILES string of the molecule is C=CC(=O)Nc1cccc(F)c1Nc1ncc2cc(-c3c(Cl)c(OC)cc(OC)c3Cl)c3nc(C)cn3c2n1. The molecule has 39 heavy (non-hydrogen) atoms. The first-order valence-electron chi connectivity index (χ1n) is 11.5. The molecule has 0 unspecified atom stereocenters. The van der Waals surface area contributed by atoms with Gasteiger partial charge >= 0.3 is 0 Å². The van der Waals surface area contributed by atoms with Gasteiger partial charge in [0.15, 0.2) is 5.65 Å². The first kappa shape index (κ1) is 26.2. The van der Waals surface area contributed by atoms with Gasteiger partial charge in [0.1, 0.15) is 28.7 Å². The van der Waals surface area contributed by atoms with E-state index >= 15 is 0 Å². The highest BCUT2D eigenvalue weighted by molar-refractivity contribution is 6.41. The number of carbonyl (C=O) groups excluding carboxylic acids is 1. The Balaban J connectivity index is 1.69. The van der Waals surface area contributed by atoms with Gasteiger partial charge in [-0.25, -0.2) is 14.4 Å². The highest BCUT2D eigenvalue weighted by atomic mass is 35.5. The number of halogens is 3. The Morgan fingerprint density at radius 2 is 1.82 bits per heavy atom. The molecule has 0 saturated heterocycles. The average Bonchev–Trinajstić information content (AvgIpc) is 3.32. The van der Waals surface area contributed by atoms with Crippen LogP contribution in [0, 0.1) is 12.7 Å². The van der Waals surface area contributed by atoms with E-state index in [1.165, 1.54) is 26.4 Å². The summed E-state index contributed by atoms with van der Waals surface area (Å²) < 4.78 is 27.4. The quantitative estimate of drug-likeness (QED) is 0.214. The van der Waals surface area contributed by atoms with Crippen LogP contribution in [0.3, 0.4) is 0 Å². The number of ether oxygens (including phenoxy) is 2. The average molecular weight is 567 g/mol. The lowest BCUT2D eigenvalue weighted by atomic mass is 10.0. The molecule has 0 saturated carbocycles. The maximum absolute atomic E-state index is 14.7. The predicted molar refractivity (Wildman–Crippen MR) is 150 cm³/mol. The van der Waals surface area contributed by atoms with E-state index in [9.17, 15) is 9.18 Å². The molecular weight excluding hydrogens is 546 g/mol. The molecule has 2 aromatic carbocycles. The van der Waals surface area contributed by atoms with Gasteiger partial charge in [0.2, 0.25) is 11.9 Å². The number of carbonyl (C=O) groups is 1. The van der Waals surface area contributed by atoms with Crippen molar-refractivity contribution in [3.05, 3.63) is 76.9 Å². The lowest BCUT2D eigenvalue weighted by molar-refractivity contribution is -0.111. The molecule has 0 aliphatic rings. The summed E-state index contributed by atoms with van der Waals surface area (Å²) in [5.41, 5.74) is 3.01. The zero-order chi connectivity index (χ0) is 27.8. The van der Waals surface area contributed by atoms with Crippen molar-refractivity contribution in [2.75, 3.05) is 24.9 Å². The van der Waals surface area contributed by atoms with E-state index < -0.39 is 11.7 Å². The zero-order valence-corrected chi connectivity index (χ0v) is 22.5. The second kappa shape index (κ2) is 10.4. The lowest BCUT2D eigenvalue weighted by Gasteiger charge is -2.16. The summed E-state index contributed by atoms with van der Waals surface area (Å²) in [6.07, 6.45) is 4.47. The first-order valence-corrected chi connectivity index (χ1v) is 12.3. The number of nitrogens with zero attached hydrogens (tertiary/aromatic N) is 4. The number of aromatic nitrogens is 4. The summed E-state index contributed by atoms with van der Waals surface area (Å²) in [7, 11) is 3.00. The van der Waals surface area contributed by atoms with Crippen LogP contribution in [0.4, 0.5) is 21.7 Å². The summed E-state index contributed by atoms with van der Waals surface area (Å²) >= 11 is 13.4. The molecule has 0 bridgehead atoms. The Kier molecular flexibility index (Phi) is 6.98. The van der Waals surface area contributed by atoms with Gasteiger partial charge in [-0.05, 0) is 31.2 Å². The van der Waals surface area contributed by atoms with Crippen molar-refractivity contribution in [3.8, 4) is 22.6 Å². The Morgan fingerprint density at radius 1 is 1.10 bits per heavy atom. The second-order valence-corrected chi connectivity index (χ2v) is 9.13. The molecule has 3 heterocycles. The topological polar surface area (TPSA) is 103 Å². The van der Waals surface area contributed by atoms with Gasteiger partial charge in [0, 0.05) is 35.0 Å². The molecule has 2 N–H and O–H groups in total. The fourth-order valence-electron chi connectivity index (χ4n) is 4.16. The maximum Gasteiger partial charge on any atom is 0.247 e. The van der Waals surface area contributed by atoms with Crippen LogP contribution < -0.4 is 20.1 Å². The van der Waals surface area contributed by atoms with Gasteiger partial charge in [0.05, 0.1) is 35.6 Å². The molecule has 0 radical (unpaired) electrons. The molecule has 9 nitrogen and oxygen atoms in total. The van der Waals surface area contributed by atoms with Crippen LogP contribution in [-0.4, -0.2) is 39.5 Å². The molecule has 0 spiro atoms. The summed E-state index contributed by atoms with van der Waals surface area (Å²) in [4.78, 5) is 25.5. The third-order valence-electron chi connectivity index (χ3n) is 5.93. The van der Waals surface area contributed by atoms with Crippen molar-refractivity contribution in [2.45, 2.75) is 6.92 Å². The van der Waals surface area contributed by atoms with E-state index in [0.29, 0.717) is 45.0 Å². The van der Waals surface area contributed by atoms with Crippen LogP contribution in [0.5, 0.6) is 11.5 Å². The van der Waals surface area contributed by atoms with Gasteiger partial charge in [-0.1, -0.05) is 35.8 Å². The van der Waals surface area contributed by atoms with Gasteiger partial charge in [-0.2, -0.15) is 4.98 Å². The third kappa shape index (κ3) is 4.68. The van der Waals surface area contributed by atoms with Crippen LogP contribution in [0.2, 0.25) is 10.0 Å². The smallest absolute Gasteiger partial charge is 0.247 e. The van der Waals surface area contributed by atoms with Gasteiger partial charge < -0.3 is 20.1 Å². The summed E-state index contributed by atoms with van der Waals surface area (Å²) in [5, 5.41) is 6.65. The minimum absolute atomic E-state index is 0.00349. The molecule has 12 heteroatoms. The summed E-state index contributed by atoms with van der Waals surface area (Å²) in [6.45, 7) is 5.27. The van der Waals surface area contributed by atoms with E-state index in [2.05, 4.69) is 32.2 Å². The normalized spacial score (nSPS) is 11.0. The summed E-state index contributed by atoms with van der Waals surface area (Å²) in [6, 6.07) is 7.70. The van der Waals surface area contributed by atoms with Crippen LogP contribution in [0.25, 0.3) is 27.8 Å². The molecule has 198 valence electrons. The number of anilines is 3. The first-order chi connectivity index (χ1) is 18.7. The molecule has 0 atom stereocenters. The van der Waals surface area contributed by atoms with Gasteiger partial charge in [-0.15, -0.1) is 0 Å². The highest BCUT2D eigenvalue weighted by Gasteiger charge is 2.23. The predicted octanol–water partition coefficient (Wildman–Crippen LogP) is 6.58. The Hall–Kier alpha value is -4.41. The minimum Gasteiger partial charge on any atom is -0.495 e. The van der Waals surface area contributed by atoms with Crippen LogP contribution in [0.1, 0.15) is 5.69 Å². The number of hydrogen-bond donors (Lipinski definition) is 2. The zero-order valence-electron chi connectivity index (χ0n) is 21.0. The number of imidazole rings is 1. The molecule has 0 aliphatic carbocycles. The van der Waals surface area contributed by atoms with E-state index in [4.69, 9.17) is 32.7 Å². The number of nitrogens with one attached hydrogen (secondary N) is 2.